The Labute approximate surface area is 107 Å². The van der Waals surface area contributed by atoms with E-state index in [1.807, 2.05) is 20.8 Å². The molecular formula is C12H21N3O3. The van der Waals surface area contributed by atoms with E-state index in [0.717, 1.165) is 18.5 Å². The highest BCUT2D eigenvalue weighted by Crippen LogP contribution is 2.18. The van der Waals surface area contributed by atoms with Gasteiger partial charge in [-0.25, -0.2) is 9.57 Å². The molecule has 0 aliphatic heterocycles. The molecule has 0 atom stereocenters. The SMILES string of the molecule is CC(C)(C)C(=O)CCCc1cn(CCOO)nn1. The van der Waals surface area contributed by atoms with Crippen molar-refractivity contribution in [1.82, 2.24) is 15.0 Å². The number of aryl methyl sites for hydroxylation is 1. The molecule has 0 aromatic carbocycles. The third kappa shape index (κ3) is 4.93. The summed E-state index contributed by atoms with van der Waals surface area (Å²) >= 11 is 0. The Balaban J connectivity index is 2.31. The first-order valence-electron chi connectivity index (χ1n) is 6.12. The van der Waals surface area contributed by atoms with Crippen molar-refractivity contribution in [1.29, 1.82) is 0 Å². The quantitative estimate of drug-likeness (QED) is 0.592. The van der Waals surface area contributed by atoms with E-state index in [2.05, 4.69) is 15.2 Å². The highest BCUT2D eigenvalue weighted by atomic mass is 17.1. The lowest BCUT2D eigenvalue weighted by atomic mass is 9.88. The maximum absolute atomic E-state index is 11.7. The van der Waals surface area contributed by atoms with Crippen LogP contribution in [0.3, 0.4) is 0 Å². The maximum Gasteiger partial charge on any atom is 0.138 e. The number of aromatic nitrogens is 3. The van der Waals surface area contributed by atoms with Gasteiger partial charge in [-0.1, -0.05) is 26.0 Å². The highest BCUT2D eigenvalue weighted by Gasteiger charge is 2.20. The molecule has 102 valence electrons. The molecule has 1 N–H and O–H groups in total. The van der Waals surface area contributed by atoms with Crippen molar-refractivity contribution in [3.05, 3.63) is 11.9 Å². The molecule has 1 rings (SSSR count). The number of ketones is 1. The van der Waals surface area contributed by atoms with Gasteiger partial charge < -0.3 is 0 Å². The average molecular weight is 255 g/mol. The van der Waals surface area contributed by atoms with Crippen molar-refractivity contribution >= 4 is 5.78 Å². The zero-order chi connectivity index (χ0) is 13.6. The van der Waals surface area contributed by atoms with Gasteiger partial charge in [0.2, 0.25) is 0 Å². The van der Waals surface area contributed by atoms with Gasteiger partial charge in [0.25, 0.3) is 0 Å². The minimum atomic E-state index is -0.268. The van der Waals surface area contributed by atoms with Crippen molar-refractivity contribution in [2.24, 2.45) is 5.41 Å². The summed E-state index contributed by atoms with van der Waals surface area (Å²) in [6, 6.07) is 0. The third-order valence-electron chi connectivity index (χ3n) is 2.67. The van der Waals surface area contributed by atoms with Gasteiger partial charge in [-0.05, 0) is 12.8 Å². The predicted molar refractivity (Wildman–Crippen MR) is 66.0 cm³/mol. The Kier molecular flexibility index (Phi) is 5.43. The van der Waals surface area contributed by atoms with Gasteiger partial charge in [0.05, 0.1) is 12.2 Å². The van der Waals surface area contributed by atoms with Crippen LogP contribution in [0.15, 0.2) is 6.20 Å². The van der Waals surface area contributed by atoms with Gasteiger partial charge >= 0.3 is 0 Å². The summed E-state index contributed by atoms with van der Waals surface area (Å²) in [4.78, 5) is 15.7. The van der Waals surface area contributed by atoms with Gasteiger partial charge in [-0.2, -0.15) is 0 Å². The van der Waals surface area contributed by atoms with Crippen LogP contribution in [0.1, 0.15) is 39.3 Å². The van der Waals surface area contributed by atoms with Crippen LogP contribution in [0.4, 0.5) is 0 Å². The van der Waals surface area contributed by atoms with Crippen LogP contribution in [-0.2, 0) is 22.6 Å². The van der Waals surface area contributed by atoms with E-state index in [-0.39, 0.29) is 17.8 Å². The molecule has 0 unspecified atom stereocenters. The monoisotopic (exact) mass is 255 g/mol. The molecule has 6 heteroatoms. The van der Waals surface area contributed by atoms with Crippen molar-refractivity contribution in [2.75, 3.05) is 6.61 Å². The molecule has 0 fully saturated rings. The largest absolute Gasteiger partial charge is 0.299 e. The molecule has 0 radical (unpaired) electrons. The molecule has 0 saturated heterocycles. The van der Waals surface area contributed by atoms with Gasteiger partial charge in [0.1, 0.15) is 12.4 Å². The molecule has 0 spiro atoms. The average Bonchev–Trinajstić information content (AvgIpc) is 2.73. The summed E-state index contributed by atoms with van der Waals surface area (Å²) in [5.74, 6) is 0.267. The summed E-state index contributed by atoms with van der Waals surface area (Å²) in [5.41, 5.74) is 0.588. The topological polar surface area (TPSA) is 77.2 Å². The molecule has 0 aliphatic carbocycles. The molecule has 18 heavy (non-hydrogen) atoms. The van der Waals surface area contributed by atoms with E-state index >= 15 is 0 Å². The third-order valence-corrected chi connectivity index (χ3v) is 2.67. The predicted octanol–water partition coefficient (Wildman–Crippen LogP) is 1.71. The fraction of sp³-hybridized carbons (Fsp3) is 0.750. The van der Waals surface area contributed by atoms with E-state index in [9.17, 15) is 4.79 Å². The normalized spacial score (nSPS) is 11.8. The smallest absolute Gasteiger partial charge is 0.138 e. The van der Waals surface area contributed by atoms with Crippen LogP contribution in [0, 0.1) is 5.41 Å². The van der Waals surface area contributed by atoms with Crippen LogP contribution in [-0.4, -0.2) is 32.6 Å². The second kappa shape index (κ2) is 6.61. The molecule has 0 bridgehead atoms. The second-order valence-electron chi connectivity index (χ2n) is 5.33. The van der Waals surface area contributed by atoms with E-state index in [0.29, 0.717) is 13.0 Å². The van der Waals surface area contributed by atoms with Crippen LogP contribution >= 0.6 is 0 Å². The summed E-state index contributed by atoms with van der Waals surface area (Å²) in [5, 5.41) is 16.1. The highest BCUT2D eigenvalue weighted by molar-refractivity contribution is 5.83. The van der Waals surface area contributed by atoms with E-state index < -0.39 is 0 Å². The van der Waals surface area contributed by atoms with E-state index in [1.165, 1.54) is 0 Å². The van der Waals surface area contributed by atoms with Crippen LogP contribution in [0.25, 0.3) is 0 Å². The first kappa shape index (κ1) is 14.8. The summed E-state index contributed by atoms with van der Waals surface area (Å²) in [6.45, 7) is 6.44. The van der Waals surface area contributed by atoms with Crippen LogP contribution in [0.5, 0.6) is 0 Å². The molecule has 6 nitrogen and oxygen atoms in total. The Bertz CT molecular complexity index is 382. The molecule has 1 heterocycles. The first-order valence-corrected chi connectivity index (χ1v) is 6.12. The summed E-state index contributed by atoms with van der Waals surface area (Å²) < 4.78 is 1.61. The zero-order valence-electron chi connectivity index (χ0n) is 11.2. The number of nitrogens with zero attached hydrogens (tertiary/aromatic N) is 3. The molecule has 0 aliphatic rings. The fourth-order valence-corrected chi connectivity index (χ4v) is 1.50. The molecule has 0 saturated carbocycles. The van der Waals surface area contributed by atoms with E-state index in [1.54, 1.807) is 10.9 Å². The lowest BCUT2D eigenvalue weighted by molar-refractivity contribution is -0.244. The molecule has 1 aromatic heterocycles. The van der Waals surface area contributed by atoms with Crippen molar-refractivity contribution in [2.45, 2.75) is 46.6 Å². The standard InChI is InChI=1S/C12H21N3O3/c1-12(2,3)11(16)6-4-5-10-9-15(14-13-10)7-8-18-17/h9,17H,4-8H2,1-3H3. The zero-order valence-corrected chi connectivity index (χ0v) is 11.2. The number of Topliss-reactive ketones (excluding diaryl/α,β-unsaturated/α-hetero) is 1. The van der Waals surface area contributed by atoms with Crippen molar-refractivity contribution in [3.8, 4) is 0 Å². The van der Waals surface area contributed by atoms with Crippen molar-refractivity contribution < 1.29 is 14.9 Å². The number of carbonyl (C=O) groups excluding carboxylic acids is 1. The van der Waals surface area contributed by atoms with Crippen molar-refractivity contribution in [3.63, 3.8) is 0 Å². The fourth-order valence-electron chi connectivity index (χ4n) is 1.50. The molecular weight excluding hydrogens is 234 g/mol. The van der Waals surface area contributed by atoms with E-state index in [4.69, 9.17) is 5.26 Å². The lowest BCUT2D eigenvalue weighted by Crippen LogP contribution is -2.19. The summed E-state index contributed by atoms with van der Waals surface area (Å²) in [6.07, 6.45) is 3.89. The van der Waals surface area contributed by atoms with Gasteiger partial charge in [0, 0.05) is 18.0 Å². The Hall–Kier alpha value is -1.27. The molecule has 1 aromatic rings. The number of carbonyl (C=O) groups is 1. The molecule has 0 amide bonds. The maximum atomic E-state index is 11.7. The second-order valence-corrected chi connectivity index (χ2v) is 5.33. The lowest BCUT2D eigenvalue weighted by Gasteiger charge is -2.15. The first-order chi connectivity index (χ1) is 8.43. The Morgan fingerprint density at radius 3 is 2.83 bits per heavy atom. The number of hydrogen-bond acceptors (Lipinski definition) is 5. The number of rotatable bonds is 7. The van der Waals surface area contributed by atoms with Crippen LogP contribution < -0.4 is 0 Å². The Morgan fingerprint density at radius 2 is 2.22 bits per heavy atom. The van der Waals surface area contributed by atoms with Gasteiger partial charge in [-0.15, -0.1) is 5.10 Å². The summed E-state index contributed by atoms with van der Waals surface area (Å²) in [7, 11) is 0. The Morgan fingerprint density at radius 1 is 1.50 bits per heavy atom. The minimum absolute atomic E-state index is 0.186. The minimum Gasteiger partial charge on any atom is -0.299 e. The number of hydrogen-bond donors (Lipinski definition) is 1. The van der Waals surface area contributed by atoms with Gasteiger partial charge in [0.15, 0.2) is 0 Å². The van der Waals surface area contributed by atoms with Crippen LogP contribution in [0.2, 0.25) is 0 Å². The van der Waals surface area contributed by atoms with Gasteiger partial charge in [-0.3, -0.25) is 10.1 Å².